The summed E-state index contributed by atoms with van der Waals surface area (Å²) in [7, 11) is 4.96. The Morgan fingerprint density at radius 3 is 2.39 bits per heavy atom. The van der Waals surface area contributed by atoms with Gasteiger partial charge in [-0.2, -0.15) is 0 Å². The first kappa shape index (κ1) is 22.1. The molecule has 0 saturated heterocycles. The van der Waals surface area contributed by atoms with E-state index in [2.05, 4.69) is 5.32 Å². The first-order chi connectivity index (χ1) is 13.4. The molecule has 28 heavy (non-hydrogen) atoms. The minimum Gasteiger partial charge on any atom is -0.497 e. The molecule has 1 aliphatic rings. The van der Waals surface area contributed by atoms with Crippen LogP contribution in [0.15, 0.2) is 18.2 Å². The lowest BCUT2D eigenvalue weighted by Gasteiger charge is -2.30. The van der Waals surface area contributed by atoms with Crippen LogP contribution in [0, 0.1) is 11.8 Å². The molecular formula is C22H34N2O4. The van der Waals surface area contributed by atoms with Gasteiger partial charge >= 0.3 is 0 Å². The van der Waals surface area contributed by atoms with Crippen molar-refractivity contribution in [2.75, 3.05) is 21.3 Å². The van der Waals surface area contributed by atoms with Crippen molar-refractivity contribution in [1.29, 1.82) is 0 Å². The molecule has 6 nitrogen and oxygen atoms in total. The molecule has 1 saturated carbocycles. The van der Waals surface area contributed by atoms with Crippen molar-refractivity contribution in [3.8, 4) is 11.5 Å². The maximum atomic E-state index is 13.1. The van der Waals surface area contributed by atoms with Gasteiger partial charge in [0.1, 0.15) is 17.5 Å². The Morgan fingerprint density at radius 1 is 1.14 bits per heavy atom. The molecule has 2 rings (SSSR count). The van der Waals surface area contributed by atoms with Gasteiger partial charge in [-0.3, -0.25) is 9.59 Å². The average Bonchev–Trinajstić information content (AvgIpc) is 2.71. The number of amides is 2. The summed E-state index contributed by atoms with van der Waals surface area (Å²) in [4.78, 5) is 27.4. The van der Waals surface area contributed by atoms with Gasteiger partial charge in [-0.05, 0) is 30.9 Å². The van der Waals surface area contributed by atoms with E-state index in [0.717, 1.165) is 31.2 Å². The maximum absolute atomic E-state index is 13.1. The van der Waals surface area contributed by atoms with E-state index in [4.69, 9.17) is 9.47 Å². The summed E-state index contributed by atoms with van der Waals surface area (Å²) < 4.78 is 10.7. The number of likely N-dealkylation sites (N-methyl/N-ethyl adjacent to an activating group) is 1. The van der Waals surface area contributed by atoms with E-state index in [1.807, 2.05) is 26.0 Å². The van der Waals surface area contributed by atoms with Gasteiger partial charge in [-0.25, -0.2) is 0 Å². The van der Waals surface area contributed by atoms with E-state index in [1.165, 1.54) is 6.42 Å². The molecule has 156 valence electrons. The van der Waals surface area contributed by atoms with Crippen LogP contribution in [0.5, 0.6) is 11.5 Å². The minimum absolute atomic E-state index is 0.0141. The van der Waals surface area contributed by atoms with Crippen molar-refractivity contribution in [3.05, 3.63) is 23.8 Å². The summed E-state index contributed by atoms with van der Waals surface area (Å²) in [6.07, 6.45) is 5.22. The number of rotatable bonds is 8. The number of nitrogens with zero attached hydrogens (tertiary/aromatic N) is 1. The lowest BCUT2D eigenvalue weighted by atomic mass is 9.88. The second-order valence-corrected chi connectivity index (χ2v) is 7.94. The van der Waals surface area contributed by atoms with Crippen molar-refractivity contribution in [2.45, 2.75) is 58.5 Å². The lowest BCUT2D eigenvalue weighted by Crippen LogP contribution is -2.51. The van der Waals surface area contributed by atoms with Crippen LogP contribution in [0.4, 0.5) is 0 Å². The number of carbonyl (C=O) groups excluding carboxylic acids is 2. The molecule has 0 spiro atoms. The Labute approximate surface area is 168 Å². The zero-order valence-electron chi connectivity index (χ0n) is 17.8. The summed E-state index contributed by atoms with van der Waals surface area (Å²) in [5, 5.41) is 3.02. The average molecular weight is 391 g/mol. The zero-order chi connectivity index (χ0) is 20.7. The quantitative estimate of drug-likeness (QED) is 0.739. The molecule has 1 aromatic rings. The number of hydrogen-bond donors (Lipinski definition) is 1. The van der Waals surface area contributed by atoms with E-state index < -0.39 is 6.04 Å². The van der Waals surface area contributed by atoms with Crippen molar-refractivity contribution in [2.24, 2.45) is 11.8 Å². The standard InChI is InChI=1S/C22H34N2O4/c1-15(2)20(23-21(25)16-9-7-6-8-10-16)22(26)24(3)14-17-11-12-18(27-4)13-19(17)28-5/h11-13,15-16,20H,6-10,14H2,1-5H3,(H,23,25)/t20-/m0/s1. The van der Waals surface area contributed by atoms with Crippen LogP contribution >= 0.6 is 0 Å². The van der Waals surface area contributed by atoms with Gasteiger partial charge in [0.05, 0.1) is 14.2 Å². The Kier molecular flexibility index (Phi) is 8.15. The SMILES string of the molecule is COc1ccc(CN(C)C(=O)[C@@H](NC(=O)C2CCCCC2)C(C)C)c(OC)c1. The smallest absolute Gasteiger partial charge is 0.245 e. The molecule has 2 amide bonds. The van der Waals surface area contributed by atoms with Gasteiger partial charge in [-0.15, -0.1) is 0 Å². The summed E-state index contributed by atoms with van der Waals surface area (Å²) in [5.74, 6) is 1.36. The fourth-order valence-electron chi connectivity index (χ4n) is 3.70. The van der Waals surface area contributed by atoms with E-state index >= 15 is 0 Å². The van der Waals surface area contributed by atoms with Crippen molar-refractivity contribution >= 4 is 11.8 Å². The van der Waals surface area contributed by atoms with Crippen LogP contribution in [0.2, 0.25) is 0 Å². The van der Waals surface area contributed by atoms with Crippen LogP contribution in [0.25, 0.3) is 0 Å². The number of methoxy groups -OCH3 is 2. The molecule has 0 heterocycles. The van der Waals surface area contributed by atoms with Crippen LogP contribution in [-0.2, 0) is 16.1 Å². The highest BCUT2D eigenvalue weighted by Crippen LogP contribution is 2.26. The highest BCUT2D eigenvalue weighted by Gasteiger charge is 2.30. The Morgan fingerprint density at radius 2 is 1.82 bits per heavy atom. The summed E-state index contributed by atoms with van der Waals surface area (Å²) in [5.41, 5.74) is 0.889. The molecule has 6 heteroatoms. The second-order valence-electron chi connectivity index (χ2n) is 7.94. The van der Waals surface area contributed by atoms with Gasteiger partial charge in [0.15, 0.2) is 0 Å². The van der Waals surface area contributed by atoms with Crippen LogP contribution in [0.3, 0.4) is 0 Å². The van der Waals surface area contributed by atoms with Gasteiger partial charge in [0.2, 0.25) is 11.8 Å². The third-order valence-corrected chi connectivity index (χ3v) is 5.48. The number of nitrogens with one attached hydrogen (secondary N) is 1. The third kappa shape index (κ3) is 5.63. The topological polar surface area (TPSA) is 67.9 Å². The molecule has 1 aromatic carbocycles. The highest BCUT2D eigenvalue weighted by atomic mass is 16.5. The van der Waals surface area contributed by atoms with E-state index in [-0.39, 0.29) is 23.7 Å². The number of ether oxygens (including phenoxy) is 2. The molecule has 0 bridgehead atoms. The normalized spacial score (nSPS) is 15.8. The lowest BCUT2D eigenvalue weighted by molar-refractivity contribution is -0.138. The number of hydrogen-bond acceptors (Lipinski definition) is 4. The van der Waals surface area contributed by atoms with E-state index in [0.29, 0.717) is 18.0 Å². The summed E-state index contributed by atoms with van der Waals surface area (Å²) in [6, 6.07) is 5.02. The molecule has 1 fully saturated rings. The Balaban J connectivity index is 2.06. The summed E-state index contributed by atoms with van der Waals surface area (Å²) in [6.45, 7) is 4.32. The van der Waals surface area contributed by atoms with Gasteiger partial charge in [-0.1, -0.05) is 33.1 Å². The van der Waals surface area contributed by atoms with E-state index in [1.54, 1.807) is 32.2 Å². The van der Waals surface area contributed by atoms with E-state index in [9.17, 15) is 9.59 Å². The fourth-order valence-corrected chi connectivity index (χ4v) is 3.70. The Bertz CT molecular complexity index is 669. The molecule has 0 unspecified atom stereocenters. The van der Waals surface area contributed by atoms with Crippen LogP contribution < -0.4 is 14.8 Å². The van der Waals surface area contributed by atoms with Crippen molar-refractivity contribution in [3.63, 3.8) is 0 Å². The molecule has 1 atom stereocenters. The first-order valence-electron chi connectivity index (χ1n) is 10.1. The molecule has 1 aliphatic carbocycles. The van der Waals surface area contributed by atoms with Gasteiger partial charge in [0, 0.05) is 31.1 Å². The fraction of sp³-hybridized carbons (Fsp3) is 0.636. The maximum Gasteiger partial charge on any atom is 0.245 e. The zero-order valence-corrected chi connectivity index (χ0v) is 17.8. The molecule has 0 radical (unpaired) electrons. The highest BCUT2D eigenvalue weighted by molar-refractivity contribution is 5.88. The molecular weight excluding hydrogens is 356 g/mol. The van der Waals surface area contributed by atoms with Crippen LogP contribution in [0.1, 0.15) is 51.5 Å². The largest absolute Gasteiger partial charge is 0.497 e. The predicted molar refractivity (Wildman–Crippen MR) is 109 cm³/mol. The minimum atomic E-state index is -0.524. The summed E-state index contributed by atoms with van der Waals surface area (Å²) >= 11 is 0. The van der Waals surface area contributed by atoms with Crippen LogP contribution in [-0.4, -0.2) is 44.0 Å². The number of carbonyl (C=O) groups is 2. The van der Waals surface area contributed by atoms with Gasteiger partial charge < -0.3 is 19.7 Å². The third-order valence-electron chi connectivity index (χ3n) is 5.48. The molecule has 0 aliphatic heterocycles. The second kappa shape index (κ2) is 10.3. The number of benzene rings is 1. The van der Waals surface area contributed by atoms with Crippen molar-refractivity contribution in [1.82, 2.24) is 10.2 Å². The Hall–Kier alpha value is -2.24. The molecule has 0 aromatic heterocycles. The first-order valence-corrected chi connectivity index (χ1v) is 10.1. The monoisotopic (exact) mass is 390 g/mol. The predicted octanol–water partition coefficient (Wildman–Crippen LogP) is 3.38. The van der Waals surface area contributed by atoms with Gasteiger partial charge in [0.25, 0.3) is 0 Å². The molecule has 1 N–H and O–H groups in total. The van der Waals surface area contributed by atoms with Crippen molar-refractivity contribution < 1.29 is 19.1 Å².